The van der Waals surface area contributed by atoms with E-state index < -0.39 is 23.7 Å². The van der Waals surface area contributed by atoms with Crippen LogP contribution in [0.25, 0.3) is 0 Å². The number of halogens is 2. The quantitative estimate of drug-likeness (QED) is 0.222. The molecule has 2 rings (SSSR count). The van der Waals surface area contributed by atoms with Crippen LogP contribution < -0.4 is 5.32 Å². The molecule has 0 amide bonds. The Balaban J connectivity index is 1.56. The Bertz CT molecular complexity index is 695. The smallest absolute Gasteiger partial charge is 0.303 e. The van der Waals surface area contributed by atoms with Crippen LogP contribution in [0.4, 0.5) is 14.5 Å². The molecule has 0 bridgehead atoms. The zero-order valence-corrected chi connectivity index (χ0v) is 18.4. The minimum absolute atomic E-state index is 0.274. The number of hydrogen-bond acceptors (Lipinski definition) is 3. The van der Waals surface area contributed by atoms with E-state index in [1.807, 2.05) is 12.2 Å². The van der Waals surface area contributed by atoms with Crippen molar-refractivity contribution >= 4 is 11.7 Å². The molecular weight excluding hydrogens is 400 g/mol. The van der Waals surface area contributed by atoms with E-state index in [2.05, 4.69) is 5.32 Å². The molecule has 1 aliphatic rings. The Kier molecular flexibility index (Phi) is 11.6. The first-order chi connectivity index (χ1) is 15.0. The van der Waals surface area contributed by atoms with E-state index in [0.717, 1.165) is 44.1 Å². The van der Waals surface area contributed by atoms with E-state index >= 15 is 0 Å². The minimum atomic E-state index is -0.707. The normalized spacial score (nSPS) is 19.7. The highest BCUT2D eigenvalue weighted by Crippen LogP contribution is 2.38. The first-order valence-electron chi connectivity index (χ1n) is 11.7. The lowest BCUT2D eigenvalue weighted by molar-refractivity contribution is -0.137. The Morgan fingerprint density at radius 1 is 1.13 bits per heavy atom. The molecule has 0 heterocycles. The molecule has 1 aliphatic carbocycles. The molecule has 0 spiro atoms. The Labute approximate surface area is 184 Å². The number of aliphatic carboxylic acids is 1. The maximum Gasteiger partial charge on any atom is 0.303 e. The predicted molar refractivity (Wildman–Crippen MR) is 120 cm³/mol. The number of unbranched alkanes of at least 4 members (excludes halogenated alkanes) is 3. The Hall–Kier alpha value is -1.95. The third kappa shape index (κ3) is 10.3. The Morgan fingerprint density at radius 2 is 1.87 bits per heavy atom. The number of aliphatic hydroxyl groups excluding tert-OH is 1. The molecule has 6 heteroatoms. The molecule has 3 N–H and O–H groups in total. The van der Waals surface area contributed by atoms with Gasteiger partial charge in [-0.2, -0.15) is 0 Å². The van der Waals surface area contributed by atoms with Gasteiger partial charge in [-0.05, 0) is 49.7 Å². The van der Waals surface area contributed by atoms with Crippen LogP contribution in [-0.4, -0.2) is 28.8 Å². The lowest BCUT2D eigenvalue weighted by Crippen LogP contribution is -2.12. The number of hydrogen-bond donors (Lipinski definition) is 3. The van der Waals surface area contributed by atoms with Gasteiger partial charge >= 0.3 is 5.97 Å². The number of carbonyl (C=O) groups is 1. The van der Waals surface area contributed by atoms with E-state index in [4.69, 9.17) is 5.11 Å². The van der Waals surface area contributed by atoms with Gasteiger partial charge in [0.2, 0.25) is 0 Å². The Morgan fingerprint density at radius 3 is 2.61 bits per heavy atom. The van der Waals surface area contributed by atoms with Crippen molar-refractivity contribution in [3.8, 4) is 0 Å². The lowest BCUT2D eigenvalue weighted by Gasteiger charge is -2.20. The van der Waals surface area contributed by atoms with Crippen LogP contribution in [0.5, 0.6) is 0 Å². The van der Waals surface area contributed by atoms with Gasteiger partial charge in [-0.1, -0.05) is 57.1 Å². The third-order valence-electron chi connectivity index (χ3n) is 6.28. The summed E-state index contributed by atoms with van der Waals surface area (Å²) in [7, 11) is 0. The summed E-state index contributed by atoms with van der Waals surface area (Å²) in [4.78, 5) is 10.5. The molecule has 3 unspecified atom stereocenters. The fourth-order valence-electron chi connectivity index (χ4n) is 4.57. The topological polar surface area (TPSA) is 69.6 Å². The van der Waals surface area contributed by atoms with Crippen molar-refractivity contribution in [3.63, 3.8) is 0 Å². The first-order valence-corrected chi connectivity index (χ1v) is 11.7. The molecule has 1 aromatic rings. The standard InChI is InChI=1S/C25H37F2NO3/c26-21-14-16-24(23(27)18-21)28-17-6-5-11-22(29)15-13-20-10-7-9-19(20)8-3-1-2-4-12-25(30)31/h5,11,14,16,18-20,22,28-29H,1-4,6-10,12-13,15,17H2,(H,30,31). The summed E-state index contributed by atoms with van der Waals surface area (Å²) in [6.45, 7) is 0.517. The third-order valence-corrected chi connectivity index (χ3v) is 6.28. The van der Waals surface area contributed by atoms with Crippen LogP contribution in [-0.2, 0) is 4.79 Å². The second-order valence-corrected chi connectivity index (χ2v) is 8.71. The zero-order chi connectivity index (χ0) is 22.5. The van der Waals surface area contributed by atoms with Crippen LogP contribution in [0.1, 0.15) is 77.0 Å². The molecule has 1 aromatic carbocycles. The minimum Gasteiger partial charge on any atom is -0.481 e. The SMILES string of the molecule is O=C(O)CCCCCCC1CCCC1CCC(O)C=CCCNc1ccc(F)cc1F. The number of anilines is 1. The molecule has 31 heavy (non-hydrogen) atoms. The van der Waals surface area contributed by atoms with Crippen molar-refractivity contribution in [2.45, 2.75) is 83.2 Å². The highest BCUT2D eigenvalue weighted by Gasteiger charge is 2.26. The molecule has 0 aliphatic heterocycles. The molecule has 0 saturated heterocycles. The number of benzene rings is 1. The zero-order valence-electron chi connectivity index (χ0n) is 18.4. The van der Waals surface area contributed by atoms with E-state index in [0.29, 0.717) is 18.9 Å². The van der Waals surface area contributed by atoms with Crippen LogP contribution in [0.2, 0.25) is 0 Å². The van der Waals surface area contributed by atoms with Crippen molar-refractivity contribution in [2.24, 2.45) is 11.8 Å². The summed E-state index contributed by atoms with van der Waals surface area (Å²) in [6.07, 6.45) is 15.0. The van der Waals surface area contributed by atoms with Gasteiger partial charge in [0.15, 0.2) is 0 Å². The number of carboxylic acid groups (broad SMARTS) is 1. The van der Waals surface area contributed by atoms with Crippen LogP contribution in [0.3, 0.4) is 0 Å². The van der Waals surface area contributed by atoms with Gasteiger partial charge in [0.1, 0.15) is 11.6 Å². The predicted octanol–water partition coefficient (Wildman–Crippen LogP) is 6.31. The summed E-state index contributed by atoms with van der Waals surface area (Å²) < 4.78 is 26.4. The highest BCUT2D eigenvalue weighted by molar-refractivity contribution is 5.66. The maximum atomic E-state index is 13.5. The van der Waals surface area contributed by atoms with Gasteiger partial charge in [0.25, 0.3) is 0 Å². The fourth-order valence-corrected chi connectivity index (χ4v) is 4.57. The van der Waals surface area contributed by atoms with Gasteiger partial charge in [0, 0.05) is 19.0 Å². The lowest BCUT2D eigenvalue weighted by atomic mass is 9.86. The average molecular weight is 438 g/mol. The van der Waals surface area contributed by atoms with Gasteiger partial charge in [-0.25, -0.2) is 8.78 Å². The van der Waals surface area contributed by atoms with E-state index in [9.17, 15) is 18.7 Å². The van der Waals surface area contributed by atoms with Gasteiger partial charge in [-0.3, -0.25) is 4.79 Å². The van der Waals surface area contributed by atoms with Crippen LogP contribution in [0, 0.1) is 23.5 Å². The number of rotatable bonds is 15. The van der Waals surface area contributed by atoms with Crippen LogP contribution in [0.15, 0.2) is 30.4 Å². The van der Waals surface area contributed by atoms with E-state index in [-0.39, 0.29) is 12.1 Å². The van der Waals surface area contributed by atoms with Gasteiger partial charge in [0.05, 0.1) is 11.8 Å². The van der Waals surface area contributed by atoms with Crippen LogP contribution >= 0.6 is 0 Å². The summed E-state index contributed by atoms with van der Waals surface area (Å²) >= 11 is 0. The van der Waals surface area contributed by atoms with Crippen molar-refractivity contribution in [1.82, 2.24) is 0 Å². The molecular formula is C25H37F2NO3. The fraction of sp³-hybridized carbons (Fsp3) is 0.640. The number of nitrogens with one attached hydrogen (secondary N) is 1. The summed E-state index contributed by atoms with van der Waals surface area (Å²) in [5.74, 6) is -0.473. The largest absolute Gasteiger partial charge is 0.481 e. The molecule has 1 saturated carbocycles. The highest BCUT2D eigenvalue weighted by atomic mass is 19.1. The second-order valence-electron chi connectivity index (χ2n) is 8.71. The summed E-state index contributed by atoms with van der Waals surface area (Å²) in [5.41, 5.74) is 0.282. The molecule has 1 fully saturated rings. The number of carboxylic acids is 1. The van der Waals surface area contributed by atoms with Crippen molar-refractivity contribution in [1.29, 1.82) is 0 Å². The second kappa shape index (κ2) is 14.2. The molecule has 4 nitrogen and oxygen atoms in total. The van der Waals surface area contributed by atoms with Crippen molar-refractivity contribution < 1.29 is 23.8 Å². The monoisotopic (exact) mass is 437 g/mol. The van der Waals surface area contributed by atoms with E-state index in [1.54, 1.807) is 0 Å². The first kappa shape index (κ1) is 25.3. The average Bonchev–Trinajstić information content (AvgIpc) is 3.17. The van der Waals surface area contributed by atoms with Gasteiger partial charge < -0.3 is 15.5 Å². The number of aliphatic hydroxyl groups is 1. The van der Waals surface area contributed by atoms with Crippen molar-refractivity contribution in [2.75, 3.05) is 11.9 Å². The van der Waals surface area contributed by atoms with E-state index in [1.165, 1.54) is 44.2 Å². The van der Waals surface area contributed by atoms with Crippen molar-refractivity contribution in [3.05, 3.63) is 42.0 Å². The summed E-state index contributed by atoms with van der Waals surface area (Å²) in [5, 5.41) is 21.9. The maximum absolute atomic E-state index is 13.5. The summed E-state index contributed by atoms with van der Waals surface area (Å²) in [6, 6.07) is 3.47. The molecule has 0 aromatic heterocycles. The van der Waals surface area contributed by atoms with Gasteiger partial charge in [-0.15, -0.1) is 0 Å². The molecule has 0 radical (unpaired) electrons. The molecule has 3 atom stereocenters. The molecule has 174 valence electrons.